The first-order valence-corrected chi connectivity index (χ1v) is 11.6. The van der Waals surface area contributed by atoms with Crippen molar-refractivity contribution in [3.8, 4) is 0 Å². The summed E-state index contributed by atoms with van der Waals surface area (Å²) in [5.41, 5.74) is 1.80. The molecule has 1 amide bonds. The molecule has 0 saturated carbocycles. The first kappa shape index (κ1) is 25.4. The van der Waals surface area contributed by atoms with Gasteiger partial charge in [0.1, 0.15) is 5.82 Å². The third-order valence-electron chi connectivity index (χ3n) is 6.16. The lowest BCUT2D eigenvalue weighted by Gasteiger charge is -2.24. The Kier molecular flexibility index (Phi) is 6.89. The molecule has 0 unspecified atom stereocenters. The second-order valence-electron chi connectivity index (χ2n) is 9.84. The van der Waals surface area contributed by atoms with Gasteiger partial charge >= 0.3 is 6.18 Å². The second-order valence-corrected chi connectivity index (χ2v) is 9.84. The highest BCUT2D eigenvalue weighted by atomic mass is 19.4. The number of fused-ring (bicyclic) bond motifs is 1. The molecule has 2 heterocycles. The third-order valence-corrected chi connectivity index (χ3v) is 6.16. The van der Waals surface area contributed by atoms with Gasteiger partial charge < -0.3 is 9.88 Å². The van der Waals surface area contributed by atoms with Crippen molar-refractivity contribution in [1.82, 2.24) is 14.9 Å². The van der Waals surface area contributed by atoms with Crippen LogP contribution < -0.4 is 0 Å². The largest absolute Gasteiger partial charge is 0.419 e. The summed E-state index contributed by atoms with van der Waals surface area (Å²) in [5, 5.41) is 0.830. The molecule has 2 aromatic carbocycles. The van der Waals surface area contributed by atoms with Crippen LogP contribution in [0.4, 0.5) is 17.6 Å². The van der Waals surface area contributed by atoms with Gasteiger partial charge in [0.15, 0.2) is 5.69 Å². The predicted molar refractivity (Wildman–Crippen MR) is 131 cm³/mol. The highest BCUT2D eigenvalue weighted by Gasteiger charge is 2.34. The van der Waals surface area contributed by atoms with E-state index in [1.54, 1.807) is 23.4 Å². The van der Waals surface area contributed by atoms with E-state index in [1.807, 2.05) is 30.3 Å². The Balaban J connectivity index is 1.63. The van der Waals surface area contributed by atoms with Gasteiger partial charge in [-0.1, -0.05) is 51.1 Å². The normalized spacial score (nSPS) is 12.2. The average Bonchev–Trinajstić information content (AvgIpc) is 3.30. The van der Waals surface area contributed by atoms with Crippen LogP contribution in [0.5, 0.6) is 0 Å². The molecule has 0 radical (unpaired) electrons. The molecule has 0 spiro atoms. The van der Waals surface area contributed by atoms with Crippen LogP contribution in [0.3, 0.4) is 0 Å². The lowest BCUT2D eigenvalue weighted by molar-refractivity contribution is -0.140. The number of halogens is 4. The molecule has 8 heteroatoms. The fourth-order valence-corrected chi connectivity index (χ4v) is 4.09. The molecule has 36 heavy (non-hydrogen) atoms. The van der Waals surface area contributed by atoms with Gasteiger partial charge in [-0.3, -0.25) is 4.79 Å². The maximum atomic E-state index is 13.7. The van der Waals surface area contributed by atoms with Gasteiger partial charge in [-0.15, -0.1) is 0 Å². The van der Waals surface area contributed by atoms with Gasteiger partial charge in [0.25, 0.3) is 5.91 Å². The van der Waals surface area contributed by atoms with Crippen molar-refractivity contribution in [2.45, 2.75) is 45.3 Å². The topological polar surface area (TPSA) is 49.0 Å². The Hall–Kier alpha value is -3.68. The highest BCUT2D eigenvalue weighted by Crippen LogP contribution is 2.32. The van der Waals surface area contributed by atoms with Crippen LogP contribution in [0.25, 0.3) is 10.9 Å². The minimum atomic E-state index is -4.79. The summed E-state index contributed by atoms with van der Waals surface area (Å²) in [6.07, 6.45) is -1.40. The quantitative estimate of drug-likeness (QED) is 0.295. The minimum absolute atomic E-state index is 0.0278. The Morgan fingerprint density at radius 3 is 2.33 bits per heavy atom. The molecule has 0 fully saturated rings. The lowest BCUT2D eigenvalue weighted by Crippen LogP contribution is -2.33. The number of amides is 1. The molecule has 2 aromatic heterocycles. The molecule has 0 aliphatic rings. The number of alkyl halides is 3. The summed E-state index contributed by atoms with van der Waals surface area (Å²) in [6, 6.07) is 14.5. The van der Waals surface area contributed by atoms with E-state index >= 15 is 0 Å². The Labute approximate surface area is 207 Å². The van der Waals surface area contributed by atoms with Crippen LogP contribution in [-0.2, 0) is 24.6 Å². The predicted octanol–water partition coefficient (Wildman–Crippen LogP) is 6.90. The molecule has 0 aliphatic carbocycles. The number of carbonyl (C=O) groups is 1. The third kappa shape index (κ3) is 5.58. The summed E-state index contributed by atoms with van der Waals surface area (Å²) in [4.78, 5) is 22.5. The monoisotopic (exact) mass is 497 g/mol. The van der Waals surface area contributed by atoms with E-state index in [0.29, 0.717) is 5.52 Å². The number of H-pyrrole nitrogens is 1. The standard InChI is InChI=1S/C28H27F4N3O/c1-27(2,3)21-7-4-19(5-8-21)17-35(26(36)25-24-20(10-13-33-24)11-14-34-25)15-12-18-6-9-23(29)22(16-18)28(30,31)32/h4-11,13-14,16,33H,12,15,17H2,1-3H3. The van der Waals surface area contributed by atoms with Crippen molar-refractivity contribution >= 4 is 16.8 Å². The molecule has 188 valence electrons. The van der Waals surface area contributed by atoms with Crippen molar-refractivity contribution in [2.75, 3.05) is 6.54 Å². The van der Waals surface area contributed by atoms with Crippen molar-refractivity contribution in [2.24, 2.45) is 0 Å². The van der Waals surface area contributed by atoms with Gasteiger partial charge in [0.05, 0.1) is 11.1 Å². The Bertz CT molecular complexity index is 1370. The SMILES string of the molecule is CC(C)(C)c1ccc(CN(CCc2ccc(F)c(C(F)(F)F)c2)C(=O)c2nccc3cc[nH]c23)cc1. The van der Waals surface area contributed by atoms with E-state index in [0.717, 1.165) is 28.6 Å². The molecule has 0 bridgehead atoms. The minimum Gasteiger partial charge on any atom is -0.359 e. The summed E-state index contributed by atoms with van der Waals surface area (Å²) in [7, 11) is 0. The number of nitrogens with one attached hydrogen (secondary N) is 1. The number of nitrogens with zero attached hydrogens (tertiary/aromatic N) is 2. The smallest absolute Gasteiger partial charge is 0.359 e. The summed E-state index contributed by atoms with van der Waals surface area (Å²) in [5.74, 6) is -1.66. The average molecular weight is 498 g/mol. The first-order chi connectivity index (χ1) is 16.9. The number of carbonyl (C=O) groups excluding carboxylic acids is 1. The van der Waals surface area contributed by atoms with E-state index in [2.05, 4.69) is 30.7 Å². The number of benzene rings is 2. The zero-order valence-corrected chi connectivity index (χ0v) is 20.3. The lowest BCUT2D eigenvalue weighted by atomic mass is 9.87. The van der Waals surface area contributed by atoms with E-state index in [-0.39, 0.29) is 42.1 Å². The van der Waals surface area contributed by atoms with Crippen molar-refractivity contribution in [3.63, 3.8) is 0 Å². The Morgan fingerprint density at radius 1 is 0.972 bits per heavy atom. The van der Waals surface area contributed by atoms with E-state index in [1.165, 1.54) is 6.07 Å². The summed E-state index contributed by atoms with van der Waals surface area (Å²) in [6.45, 7) is 6.70. The highest BCUT2D eigenvalue weighted by molar-refractivity contribution is 6.03. The summed E-state index contributed by atoms with van der Waals surface area (Å²) < 4.78 is 53.3. The molecule has 4 aromatic rings. The number of aromatic nitrogens is 2. The van der Waals surface area contributed by atoms with Gasteiger partial charge in [-0.25, -0.2) is 9.37 Å². The second kappa shape index (κ2) is 9.76. The molecular weight excluding hydrogens is 470 g/mol. The summed E-state index contributed by atoms with van der Waals surface area (Å²) >= 11 is 0. The number of rotatable bonds is 6. The Morgan fingerprint density at radius 2 is 1.67 bits per heavy atom. The maximum absolute atomic E-state index is 13.7. The van der Waals surface area contributed by atoms with Gasteiger partial charge in [-0.05, 0) is 52.8 Å². The fraction of sp³-hybridized carbons (Fsp3) is 0.286. The van der Waals surface area contributed by atoms with Gasteiger partial charge in [0.2, 0.25) is 0 Å². The van der Waals surface area contributed by atoms with Crippen LogP contribution in [-0.4, -0.2) is 27.3 Å². The van der Waals surface area contributed by atoms with Crippen molar-refractivity contribution in [1.29, 1.82) is 0 Å². The molecule has 1 N–H and O–H groups in total. The number of hydrogen-bond acceptors (Lipinski definition) is 2. The zero-order valence-electron chi connectivity index (χ0n) is 20.3. The van der Waals surface area contributed by atoms with Crippen molar-refractivity contribution < 1.29 is 22.4 Å². The first-order valence-electron chi connectivity index (χ1n) is 11.6. The van der Waals surface area contributed by atoms with Crippen LogP contribution >= 0.6 is 0 Å². The van der Waals surface area contributed by atoms with Crippen LogP contribution in [0.15, 0.2) is 67.0 Å². The molecule has 0 saturated heterocycles. The molecule has 4 rings (SSSR count). The van der Waals surface area contributed by atoms with Crippen LogP contribution in [0.2, 0.25) is 0 Å². The molecule has 0 atom stereocenters. The van der Waals surface area contributed by atoms with E-state index in [4.69, 9.17) is 0 Å². The number of pyridine rings is 1. The van der Waals surface area contributed by atoms with Gasteiger partial charge in [0, 0.05) is 30.9 Å². The number of aromatic amines is 1. The zero-order chi connectivity index (χ0) is 26.1. The van der Waals surface area contributed by atoms with Gasteiger partial charge in [-0.2, -0.15) is 13.2 Å². The molecular formula is C28H27F4N3O. The maximum Gasteiger partial charge on any atom is 0.419 e. The fourth-order valence-electron chi connectivity index (χ4n) is 4.09. The number of hydrogen-bond donors (Lipinski definition) is 1. The van der Waals surface area contributed by atoms with Crippen LogP contribution in [0, 0.1) is 5.82 Å². The molecule has 0 aliphatic heterocycles. The molecule has 4 nitrogen and oxygen atoms in total. The van der Waals surface area contributed by atoms with Crippen molar-refractivity contribution in [3.05, 3.63) is 101 Å². The van der Waals surface area contributed by atoms with E-state index < -0.39 is 17.6 Å². The van der Waals surface area contributed by atoms with Crippen LogP contribution in [0.1, 0.15) is 53.5 Å². The van der Waals surface area contributed by atoms with E-state index in [9.17, 15) is 22.4 Å².